The van der Waals surface area contributed by atoms with Gasteiger partial charge in [0.1, 0.15) is 5.75 Å². The normalized spacial score (nSPS) is 12.2. The molecule has 0 saturated heterocycles. The van der Waals surface area contributed by atoms with Crippen LogP contribution in [0.2, 0.25) is 0 Å². The summed E-state index contributed by atoms with van der Waals surface area (Å²) in [6.45, 7) is 2.06. The first kappa shape index (κ1) is 15.9. The van der Waals surface area contributed by atoms with E-state index in [9.17, 15) is 0 Å². The molecule has 0 aliphatic rings. The van der Waals surface area contributed by atoms with Gasteiger partial charge in [-0.3, -0.25) is 0 Å². The number of hydrogen-bond donors (Lipinski definition) is 0. The van der Waals surface area contributed by atoms with Crippen molar-refractivity contribution in [2.75, 3.05) is 7.11 Å². The Hall–Kier alpha value is -0.510. The summed E-state index contributed by atoms with van der Waals surface area (Å²) in [5, 5.41) is -0.0895. The fraction of sp³-hybridized carbons (Fsp3) is 0.250. The third kappa shape index (κ3) is 3.78. The molecule has 0 amide bonds. The quantitative estimate of drug-likeness (QED) is 0.549. The lowest BCUT2D eigenvalue weighted by Gasteiger charge is -2.14. The zero-order valence-electron chi connectivity index (χ0n) is 11.3. The van der Waals surface area contributed by atoms with Crippen molar-refractivity contribution in [3.63, 3.8) is 0 Å². The van der Waals surface area contributed by atoms with Gasteiger partial charge in [0.2, 0.25) is 0 Å². The van der Waals surface area contributed by atoms with Crippen molar-refractivity contribution in [2.24, 2.45) is 0 Å². The second-order valence-corrected chi connectivity index (χ2v) is 6.88. The van der Waals surface area contributed by atoms with Crippen LogP contribution in [-0.4, -0.2) is 7.11 Å². The number of halogens is 3. The predicted molar refractivity (Wildman–Crippen MR) is 91.9 cm³/mol. The van der Waals surface area contributed by atoms with Crippen molar-refractivity contribution in [3.8, 4) is 5.75 Å². The van der Waals surface area contributed by atoms with Gasteiger partial charge in [-0.1, -0.05) is 44.0 Å². The predicted octanol–water partition coefficient (Wildman–Crippen LogP) is 6.05. The molecule has 0 spiro atoms. The maximum absolute atomic E-state index is 6.57. The topological polar surface area (TPSA) is 9.23 Å². The van der Waals surface area contributed by atoms with E-state index in [0.29, 0.717) is 0 Å². The molecule has 2 rings (SSSR count). The molecule has 0 bridgehead atoms. The summed E-state index contributed by atoms with van der Waals surface area (Å²) in [7, 11) is 1.67. The fourth-order valence-corrected chi connectivity index (χ4v) is 3.60. The number of hydrogen-bond acceptors (Lipinski definition) is 1. The summed E-state index contributed by atoms with van der Waals surface area (Å²) in [6, 6.07) is 12.2. The van der Waals surface area contributed by atoms with Crippen LogP contribution in [0.5, 0.6) is 5.75 Å². The van der Waals surface area contributed by atoms with Crippen LogP contribution in [0.1, 0.15) is 22.1 Å². The molecular formula is C16H15Br2ClO. The summed E-state index contributed by atoms with van der Waals surface area (Å²) in [5.41, 5.74) is 3.44. The highest BCUT2D eigenvalue weighted by Gasteiger charge is 2.14. The smallest absolute Gasteiger partial charge is 0.119 e. The lowest BCUT2D eigenvalue weighted by molar-refractivity contribution is 0.414. The van der Waals surface area contributed by atoms with E-state index in [1.54, 1.807) is 7.11 Å². The van der Waals surface area contributed by atoms with Crippen LogP contribution >= 0.6 is 43.5 Å². The molecule has 2 aromatic rings. The Balaban J connectivity index is 2.23. The molecule has 0 aliphatic heterocycles. The van der Waals surface area contributed by atoms with Crippen LogP contribution in [0.15, 0.2) is 45.3 Å². The summed E-state index contributed by atoms with van der Waals surface area (Å²) >= 11 is 13.7. The van der Waals surface area contributed by atoms with Crippen LogP contribution < -0.4 is 4.74 Å². The molecule has 0 heterocycles. The molecule has 0 aromatic heterocycles. The second kappa shape index (κ2) is 6.97. The molecule has 2 aromatic carbocycles. The minimum Gasteiger partial charge on any atom is -0.497 e. The fourth-order valence-electron chi connectivity index (χ4n) is 2.02. The van der Waals surface area contributed by atoms with Gasteiger partial charge in [-0.05, 0) is 54.3 Å². The van der Waals surface area contributed by atoms with Crippen LogP contribution in [0, 0.1) is 6.92 Å². The van der Waals surface area contributed by atoms with Gasteiger partial charge in [0, 0.05) is 8.95 Å². The van der Waals surface area contributed by atoms with Crippen molar-refractivity contribution >= 4 is 43.5 Å². The van der Waals surface area contributed by atoms with Gasteiger partial charge >= 0.3 is 0 Å². The monoisotopic (exact) mass is 416 g/mol. The van der Waals surface area contributed by atoms with Gasteiger partial charge in [-0.25, -0.2) is 0 Å². The number of benzene rings is 2. The first-order valence-electron chi connectivity index (χ1n) is 6.24. The Labute approximate surface area is 141 Å². The molecule has 20 heavy (non-hydrogen) atoms. The van der Waals surface area contributed by atoms with E-state index in [1.807, 2.05) is 18.2 Å². The number of alkyl halides is 1. The molecule has 4 heteroatoms. The maximum atomic E-state index is 6.57. The molecule has 0 radical (unpaired) electrons. The SMILES string of the molecule is COc1cccc(CC(Cl)c2cc(Br)c(C)cc2Br)c1. The van der Waals surface area contributed by atoms with Gasteiger partial charge in [0.15, 0.2) is 0 Å². The second-order valence-electron chi connectivity index (χ2n) is 4.65. The molecule has 0 saturated carbocycles. The Kier molecular flexibility index (Phi) is 5.53. The number of ether oxygens (including phenoxy) is 1. The van der Waals surface area contributed by atoms with Crippen molar-refractivity contribution < 1.29 is 4.74 Å². The van der Waals surface area contributed by atoms with Crippen molar-refractivity contribution in [1.82, 2.24) is 0 Å². The number of methoxy groups -OCH3 is 1. The Morgan fingerprint density at radius 2 is 1.90 bits per heavy atom. The van der Waals surface area contributed by atoms with E-state index in [1.165, 1.54) is 5.56 Å². The number of rotatable bonds is 4. The van der Waals surface area contributed by atoms with E-state index in [0.717, 1.165) is 32.2 Å². The molecule has 0 fully saturated rings. The highest BCUT2D eigenvalue weighted by molar-refractivity contribution is 9.11. The Morgan fingerprint density at radius 3 is 2.60 bits per heavy atom. The van der Waals surface area contributed by atoms with E-state index < -0.39 is 0 Å². The molecule has 0 aliphatic carbocycles. The zero-order chi connectivity index (χ0) is 14.7. The largest absolute Gasteiger partial charge is 0.497 e. The lowest BCUT2D eigenvalue weighted by Crippen LogP contribution is -1.98. The van der Waals surface area contributed by atoms with E-state index in [-0.39, 0.29) is 5.38 Å². The summed E-state index contributed by atoms with van der Waals surface area (Å²) in [4.78, 5) is 0. The van der Waals surface area contributed by atoms with Crippen LogP contribution in [0.4, 0.5) is 0 Å². The first-order valence-corrected chi connectivity index (χ1v) is 8.26. The van der Waals surface area contributed by atoms with Crippen LogP contribution in [0.25, 0.3) is 0 Å². The average molecular weight is 419 g/mol. The average Bonchev–Trinajstić information content (AvgIpc) is 2.43. The highest BCUT2D eigenvalue weighted by Crippen LogP contribution is 2.35. The summed E-state index contributed by atoms with van der Waals surface area (Å²) < 4.78 is 7.36. The third-order valence-electron chi connectivity index (χ3n) is 3.16. The van der Waals surface area contributed by atoms with E-state index in [2.05, 4.69) is 57.0 Å². The van der Waals surface area contributed by atoms with Gasteiger partial charge in [0.05, 0.1) is 12.5 Å². The number of aryl methyl sites for hydroxylation is 1. The van der Waals surface area contributed by atoms with Gasteiger partial charge in [-0.15, -0.1) is 11.6 Å². The molecule has 1 nitrogen and oxygen atoms in total. The van der Waals surface area contributed by atoms with Crippen molar-refractivity contribution in [2.45, 2.75) is 18.7 Å². The molecule has 1 unspecified atom stereocenters. The Morgan fingerprint density at radius 1 is 1.15 bits per heavy atom. The molecule has 1 atom stereocenters. The van der Waals surface area contributed by atoms with E-state index >= 15 is 0 Å². The zero-order valence-corrected chi connectivity index (χ0v) is 15.2. The van der Waals surface area contributed by atoms with Crippen LogP contribution in [-0.2, 0) is 6.42 Å². The summed E-state index contributed by atoms with van der Waals surface area (Å²) in [6.07, 6.45) is 0.757. The standard InChI is InChI=1S/C16H15Br2ClO/c1-10-6-15(18)13(9-14(10)17)16(19)8-11-4-3-5-12(7-11)20-2/h3-7,9,16H,8H2,1-2H3. The minimum atomic E-state index is -0.0895. The van der Waals surface area contributed by atoms with Crippen LogP contribution in [0.3, 0.4) is 0 Å². The van der Waals surface area contributed by atoms with Crippen molar-refractivity contribution in [3.05, 3.63) is 62.0 Å². The maximum Gasteiger partial charge on any atom is 0.119 e. The van der Waals surface area contributed by atoms with Gasteiger partial charge in [-0.2, -0.15) is 0 Å². The van der Waals surface area contributed by atoms with Crippen molar-refractivity contribution in [1.29, 1.82) is 0 Å². The minimum absolute atomic E-state index is 0.0895. The molecular weight excluding hydrogens is 403 g/mol. The Bertz CT molecular complexity index is 613. The third-order valence-corrected chi connectivity index (χ3v) is 5.09. The van der Waals surface area contributed by atoms with Gasteiger partial charge in [0.25, 0.3) is 0 Å². The molecule has 0 N–H and O–H groups in total. The lowest BCUT2D eigenvalue weighted by atomic mass is 10.0. The molecule has 106 valence electrons. The van der Waals surface area contributed by atoms with E-state index in [4.69, 9.17) is 16.3 Å². The highest BCUT2D eigenvalue weighted by atomic mass is 79.9. The summed E-state index contributed by atoms with van der Waals surface area (Å²) in [5.74, 6) is 0.857. The van der Waals surface area contributed by atoms with Gasteiger partial charge < -0.3 is 4.74 Å². The first-order chi connectivity index (χ1) is 9.51.